The summed E-state index contributed by atoms with van der Waals surface area (Å²) in [6.45, 7) is 2.08. The normalized spacial score (nSPS) is 14.2. The van der Waals surface area contributed by atoms with Crippen molar-refractivity contribution in [3.8, 4) is 11.5 Å². The van der Waals surface area contributed by atoms with Gasteiger partial charge >= 0.3 is 0 Å². The van der Waals surface area contributed by atoms with Gasteiger partial charge in [-0.2, -0.15) is 0 Å². The van der Waals surface area contributed by atoms with E-state index in [1.165, 1.54) is 0 Å². The Morgan fingerprint density at radius 1 is 1.05 bits per heavy atom. The largest absolute Gasteiger partial charge is 0.490 e. The van der Waals surface area contributed by atoms with Crippen LogP contribution < -0.4 is 14.8 Å². The van der Waals surface area contributed by atoms with E-state index in [1.54, 1.807) is 42.5 Å². The molecule has 38 heavy (non-hydrogen) atoms. The Balaban J connectivity index is 1.50. The topological polar surface area (TPSA) is 84.9 Å². The summed E-state index contributed by atoms with van der Waals surface area (Å²) in [5.74, 6) is -0.0785. The third kappa shape index (κ3) is 6.79. The van der Waals surface area contributed by atoms with Gasteiger partial charge in [0.15, 0.2) is 11.5 Å². The van der Waals surface area contributed by atoms with E-state index in [0.717, 1.165) is 22.2 Å². The van der Waals surface area contributed by atoms with Gasteiger partial charge in [-0.05, 0) is 92.5 Å². The van der Waals surface area contributed by atoms with E-state index >= 15 is 0 Å². The highest BCUT2D eigenvalue weighted by atomic mass is 79.9. The molecule has 3 aromatic carbocycles. The number of nitrogens with zero attached hydrogens (tertiary/aromatic N) is 1. The minimum absolute atomic E-state index is 0.197. The summed E-state index contributed by atoms with van der Waals surface area (Å²) in [4.78, 5) is 39.2. The zero-order chi connectivity index (χ0) is 27.2. The molecule has 0 bridgehead atoms. The van der Waals surface area contributed by atoms with E-state index in [0.29, 0.717) is 43.3 Å². The van der Waals surface area contributed by atoms with Gasteiger partial charge in [-0.1, -0.05) is 41.9 Å². The average Bonchev–Trinajstić information content (AvgIpc) is 3.13. The fraction of sp³-hybridized carbons (Fsp3) is 0.148. The summed E-state index contributed by atoms with van der Waals surface area (Å²) in [6, 6.07) is 18.0. The van der Waals surface area contributed by atoms with Crippen molar-refractivity contribution in [3.05, 3.63) is 90.7 Å². The third-order valence-electron chi connectivity index (χ3n) is 5.28. The maximum Gasteiger partial charge on any atom is 0.294 e. The number of carbonyl (C=O) groups is 3. The van der Waals surface area contributed by atoms with Crippen LogP contribution in [0.15, 0.2) is 74.5 Å². The van der Waals surface area contributed by atoms with Gasteiger partial charge in [-0.3, -0.25) is 19.3 Å². The standard InChI is InChI=1S/C27H21Br2ClN2O5S/c1-2-36-22-12-16(11-19(29)25(22)37-15-17-7-3-5-9-20(17)30)13-23-26(34)32(27(35)38-23)14-24(33)31-21-10-6-4-8-18(21)28/h3-13H,2,14-15H2,1H3,(H,31,33)/b23-13+. The second kappa shape index (κ2) is 12.8. The number of amides is 3. The van der Waals surface area contributed by atoms with Crippen LogP contribution in [-0.2, 0) is 16.2 Å². The molecule has 1 saturated heterocycles. The Morgan fingerprint density at radius 3 is 2.53 bits per heavy atom. The van der Waals surface area contributed by atoms with Crippen molar-refractivity contribution >= 4 is 84.0 Å². The van der Waals surface area contributed by atoms with Crippen LogP contribution in [0.3, 0.4) is 0 Å². The highest BCUT2D eigenvalue weighted by molar-refractivity contribution is 9.11. The Bertz CT molecular complexity index is 1430. The van der Waals surface area contributed by atoms with Crippen molar-refractivity contribution in [1.29, 1.82) is 0 Å². The minimum atomic E-state index is -0.546. The first-order chi connectivity index (χ1) is 18.3. The van der Waals surface area contributed by atoms with E-state index in [1.807, 2.05) is 31.2 Å². The van der Waals surface area contributed by atoms with E-state index in [9.17, 15) is 14.4 Å². The van der Waals surface area contributed by atoms with Crippen LogP contribution in [-0.4, -0.2) is 35.1 Å². The lowest BCUT2D eigenvalue weighted by Gasteiger charge is -2.15. The molecule has 1 aliphatic heterocycles. The monoisotopic (exact) mass is 678 g/mol. The molecule has 0 spiro atoms. The van der Waals surface area contributed by atoms with Gasteiger partial charge in [0.25, 0.3) is 11.1 Å². The predicted octanol–water partition coefficient (Wildman–Crippen LogP) is 7.52. The number of para-hydroxylation sites is 1. The van der Waals surface area contributed by atoms with Gasteiger partial charge < -0.3 is 14.8 Å². The zero-order valence-corrected chi connectivity index (χ0v) is 24.7. The molecule has 3 aromatic rings. The SMILES string of the molecule is CCOc1cc(/C=C2/SC(=O)N(CC(=O)Nc3ccccc3Br)C2=O)cc(Br)c1OCc1ccccc1Cl. The molecule has 11 heteroatoms. The number of ether oxygens (including phenoxy) is 2. The number of nitrogens with one attached hydrogen (secondary N) is 1. The van der Waals surface area contributed by atoms with Crippen LogP contribution in [0.1, 0.15) is 18.1 Å². The summed E-state index contributed by atoms with van der Waals surface area (Å²) in [6.07, 6.45) is 1.59. The molecule has 0 aliphatic carbocycles. The number of benzene rings is 3. The van der Waals surface area contributed by atoms with Gasteiger partial charge in [-0.25, -0.2) is 0 Å². The van der Waals surface area contributed by atoms with E-state index in [-0.39, 0.29) is 11.5 Å². The van der Waals surface area contributed by atoms with Crippen molar-refractivity contribution < 1.29 is 23.9 Å². The number of hydrogen-bond donors (Lipinski definition) is 1. The van der Waals surface area contributed by atoms with Gasteiger partial charge in [0.2, 0.25) is 5.91 Å². The third-order valence-corrected chi connectivity index (χ3v) is 7.84. The summed E-state index contributed by atoms with van der Waals surface area (Å²) < 4.78 is 13.1. The molecule has 196 valence electrons. The number of thioether (sulfide) groups is 1. The molecule has 0 unspecified atom stereocenters. The van der Waals surface area contributed by atoms with Crippen molar-refractivity contribution in [2.45, 2.75) is 13.5 Å². The Hall–Kier alpha value is -2.79. The fourth-order valence-corrected chi connectivity index (χ4v) is 5.51. The van der Waals surface area contributed by atoms with Crippen molar-refractivity contribution in [2.75, 3.05) is 18.5 Å². The minimum Gasteiger partial charge on any atom is -0.490 e. The second-order valence-electron chi connectivity index (χ2n) is 7.94. The number of halogens is 3. The first-order valence-corrected chi connectivity index (χ1v) is 14.2. The van der Waals surface area contributed by atoms with Crippen LogP contribution in [0.2, 0.25) is 5.02 Å². The molecule has 7 nitrogen and oxygen atoms in total. The van der Waals surface area contributed by atoms with E-state index in [2.05, 4.69) is 37.2 Å². The fourth-order valence-electron chi connectivity index (χ4n) is 3.52. The molecule has 0 radical (unpaired) electrons. The average molecular weight is 681 g/mol. The van der Waals surface area contributed by atoms with Crippen LogP contribution in [0.5, 0.6) is 11.5 Å². The maximum atomic E-state index is 13.0. The Morgan fingerprint density at radius 2 is 1.79 bits per heavy atom. The molecule has 0 saturated carbocycles. The van der Waals surface area contributed by atoms with Crippen molar-refractivity contribution in [1.82, 2.24) is 4.90 Å². The lowest BCUT2D eigenvalue weighted by atomic mass is 10.1. The summed E-state index contributed by atoms with van der Waals surface area (Å²) in [5, 5.41) is 2.77. The highest BCUT2D eigenvalue weighted by Crippen LogP contribution is 2.40. The molecule has 1 aliphatic rings. The summed E-state index contributed by atoms with van der Waals surface area (Å²) >= 11 is 13.9. The molecule has 0 aromatic heterocycles. The van der Waals surface area contributed by atoms with Crippen LogP contribution in [0.25, 0.3) is 6.08 Å². The number of rotatable bonds is 9. The lowest BCUT2D eigenvalue weighted by molar-refractivity contribution is -0.127. The number of carbonyl (C=O) groups excluding carboxylic acids is 3. The number of imide groups is 1. The van der Waals surface area contributed by atoms with Crippen molar-refractivity contribution in [3.63, 3.8) is 0 Å². The highest BCUT2D eigenvalue weighted by Gasteiger charge is 2.36. The number of anilines is 1. The van der Waals surface area contributed by atoms with E-state index in [4.69, 9.17) is 21.1 Å². The zero-order valence-electron chi connectivity index (χ0n) is 20.0. The molecule has 3 amide bonds. The van der Waals surface area contributed by atoms with Crippen LogP contribution >= 0.6 is 55.2 Å². The Kier molecular flexibility index (Phi) is 9.54. The van der Waals surface area contributed by atoms with Crippen LogP contribution in [0, 0.1) is 0 Å². The quantitative estimate of drug-likeness (QED) is 0.236. The molecule has 1 N–H and O–H groups in total. The van der Waals surface area contributed by atoms with Gasteiger partial charge in [0, 0.05) is 15.1 Å². The smallest absolute Gasteiger partial charge is 0.294 e. The first kappa shape index (κ1) is 28.2. The Labute approximate surface area is 245 Å². The van der Waals surface area contributed by atoms with Crippen molar-refractivity contribution in [2.24, 2.45) is 0 Å². The molecule has 0 atom stereocenters. The molecule has 1 heterocycles. The summed E-state index contributed by atoms with van der Waals surface area (Å²) in [7, 11) is 0. The molecular weight excluding hydrogens is 660 g/mol. The second-order valence-corrected chi connectivity index (χ2v) is 11.0. The van der Waals surface area contributed by atoms with Gasteiger partial charge in [0.1, 0.15) is 13.2 Å². The molecule has 1 fully saturated rings. The predicted molar refractivity (Wildman–Crippen MR) is 157 cm³/mol. The summed E-state index contributed by atoms with van der Waals surface area (Å²) in [5.41, 5.74) is 1.99. The van der Waals surface area contributed by atoms with Gasteiger partial charge in [0.05, 0.1) is 21.7 Å². The lowest BCUT2D eigenvalue weighted by Crippen LogP contribution is -2.36. The number of hydrogen-bond acceptors (Lipinski definition) is 6. The van der Waals surface area contributed by atoms with Crippen LogP contribution in [0.4, 0.5) is 10.5 Å². The first-order valence-electron chi connectivity index (χ1n) is 11.4. The maximum absolute atomic E-state index is 13.0. The molecular formula is C27H21Br2ClN2O5S. The van der Waals surface area contributed by atoms with E-state index < -0.39 is 23.6 Å². The van der Waals surface area contributed by atoms with Gasteiger partial charge in [-0.15, -0.1) is 0 Å². The molecule has 4 rings (SSSR count).